The average molecular weight is 456 g/mol. The van der Waals surface area contributed by atoms with E-state index in [1.165, 1.54) is 10.1 Å². The first kappa shape index (κ1) is 21.0. The number of para-hydroxylation sites is 1. The predicted octanol–water partition coefficient (Wildman–Crippen LogP) is 3.15. The topological polar surface area (TPSA) is 82.2 Å². The van der Waals surface area contributed by atoms with Gasteiger partial charge in [-0.3, -0.25) is 9.59 Å². The average Bonchev–Trinajstić information content (AvgIpc) is 3.30. The van der Waals surface area contributed by atoms with Gasteiger partial charge in [0.05, 0.1) is 10.2 Å². The van der Waals surface area contributed by atoms with Crippen molar-refractivity contribution < 1.29 is 0 Å². The van der Waals surface area contributed by atoms with Crippen molar-refractivity contribution in [3.05, 3.63) is 102 Å². The molecule has 0 radical (unpaired) electrons. The Morgan fingerprint density at radius 1 is 0.939 bits per heavy atom. The Bertz CT molecular complexity index is 1670. The minimum absolute atomic E-state index is 0.192. The van der Waals surface area contributed by atoms with E-state index < -0.39 is 5.56 Å². The Morgan fingerprint density at radius 2 is 1.64 bits per heavy atom. The molecular weight excluding hydrogens is 434 g/mol. The molecule has 7 nitrogen and oxygen atoms in total. The Morgan fingerprint density at radius 3 is 2.33 bits per heavy atom. The van der Waals surface area contributed by atoms with E-state index in [0.29, 0.717) is 4.53 Å². The standard InChI is InChI=1S/C25H21N5O2S/c1-14-10-15(2)21(16(3)11-14)22-18(13-29(28-22)19-8-6-5-7-9-19)12-20-24(32)30-25(33-20)26-23(31)17(4)27-30/h5-13H,1-4H3. The maximum Gasteiger partial charge on any atom is 0.295 e. The van der Waals surface area contributed by atoms with Crippen molar-refractivity contribution in [3.8, 4) is 16.9 Å². The molecule has 164 valence electrons. The summed E-state index contributed by atoms with van der Waals surface area (Å²) < 4.78 is 3.45. The number of nitrogens with zero attached hydrogens (tertiary/aromatic N) is 5. The summed E-state index contributed by atoms with van der Waals surface area (Å²) in [5, 5.41) is 9.02. The molecule has 0 amide bonds. The number of benzene rings is 2. The molecule has 5 aromatic rings. The number of thiazole rings is 1. The summed E-state index contributed by atoms with van der Waals surface area (Å²) in [6.45, 7) is 7.76. The summed E-state index contributed by atoms with van der Waals surface area (Å²) in [5.41, 5.74) is 6.43. The van der Waals surface area contributed by atoms with Crippen LogP contribution in [0.1, 0.15) is 27.9 Å². The normalized spacial score (nSPS) is 12.1. The highest BCUT2D eigenvalue weighted by molar-refractivity contribution is 7.15. The van der Waals surface area contributed by atoms with Gasteiger partial charge in [-0.05, 0) is 57.0 Å². The maximum atomic E-state index is 13.0. The lowest BCUT2D eigenvalue weighted by Gasteiger charge is -2.10. The highest BCUT2D eigenvalue weighted by Gasteiger charge is 2.17. The largest absolute Gasteiger partial charge is 0.295 e. The second-order valence-corrected chi connectivity index (χ2v) is 9.11. The van der Waals surface area contributed by atoms with Crippen molar-refractivity contribution in [2.45, 2.75) is 27.7 Å². The number of aryl methyl sites for hydroxylation is 4. The van der Waals surface area contributed by atoms with E-state index in [1.807, 2.05) is 47.3 Å². The van der Waals surface area contributed by atoms with Crippen LogP contribution in [0.5, 0.6) is 0 Å². The lowest BCUT2D eigenvalue weighted by molar-refractivity contribution is 0.833. The van der Waals surface area contributed by atoms with Gasteiger partial charge in [-0.2, -0.15) is 19.7 Å². The fourth-order valence-corrected chi connectivity index (χ4v) is 4.98. The van der Waals surface area contributed by atoms with Crippen LogP contribution in [0.3, 0.4) is 0 Å². The van der Waals surface area contributed by atoms with Gasteiger partial charge in [-0.15, -0.1) is 0 Å². The summed E-state index contributed by atoms with van der Waals surface area (Å²) in [6, 6.07) is 14.1. The quantitative estimate of drug-likeness (QED) is 0.417. The first-order valence-corrected chi connectivity index (χ1v) is 11.3. The van der Waals surface area contributed by atoms with E-state index in [4.69, 9.17) is 5.10 Å². The second-order valence-electron chi connectivity index (χ2n) is 8.10. The Labute approximate surface area is 193 Å². The smallest absolute Gasteiger partial charge is 0.266 e. The molecule has 3 aromatic heterocycles. The molecule has 0 saturated carbocycles. The third kappa shape index (κ3) is 3.68. The van der Waals surface area contributed by atoms with Crippen molar-refractivity contribution in [3.63, 3.8) is 0 Å². The molecule has 0 aliphatic carbocycles. The van der Waals surface area contributed by atoms with Crippen molar-refractivity contribution in [2.75, 3.05) is 0 Å². The van der Waals surface area contributed by atoms with Crippen LogP contribution in [-0.4, -0.2) is 24.4 Å². The summed E-state index contributed by atoms with van der Waals surface area (Å²) in [5.74, 6) is 0. The molecule has 0 saturated heterocycles. The van der Waals surface area contributed by atoms with E-state index in [9.17, 15) is 9.59 Å². The molecule has 0 bridgehead atoms. The highest BCUT2D eigenvalue weighted by Crippen LogP contribution is 2.31. The van der Waals surface area contributed by atoms with Crippen molar-refractivity contribution in [1.29, 1.82) is 0 Å². The van der Waals surface area contributed by atoms with Crippen LogP contribution >= 0.6 is 11.3 Å². The van der Waals surface area contributed by atoms with E-state index in [2.05, 4.69) is 43.0 Å². The molecule has 33 heavy (non-hydrogen) atoms. The number of hydrogen-bond donors (Lipinski definition) is 0. The number of fused-ring (bicyclic) bond motifs is 1. The second kappa shape index (κ2) is 7.90. The monoisotopic (exact) mass is 455 g/mol. The van der Waals surface area contributed by atoms with Gasteiger partial charge in [0.1, 0.15) is 11.4 Å². The summed E-state index contributed by atoms with van der Waals surface area (Å²) >= 11 is 1.15. The first-order valence-electron chi connectivity index (χ1n) is 10.5. The number of hydrogen-bond acceptors (Lipinski definition) is 6. The SMILES string of the molecule is Cc1cc(C)c(-c2nn(-c3ccccc3)cc2C=c2sc3nc(=O)c(C)nn3c2=O)c(C)c1. The van der Waals surface area contributed by atoms with Crippen LogP contribution in [0.2, 0.25) is 0 Å². The molecule has 2 aromatic carbocycles. The molecule has 0 aliphatic heterocycles. The molecule has 0 unspecified atom stereocenters. The van der Waals surface area contributed by atoms with Crippen LogP contribution in [-0.2, 0) is 0 Å². The zero-order valence-corrected chi connectivity index (χ0v) is 19.5. The molecule has 8 heteroatoms. The van der Waals surface area contributed by atoms with Crippen molar-refractivity contribution >= 4 is 22.4 Å². The third-order valence-electron chi connectivity index (χ3n) is 5.51. The fourth-order valence-electron chi connectivity index (χ4n) is 4.08. The highest BCUT2D eigenvalue weighted by atomic mass is 32.1. The van der Waals surface area contributed by atoms with E-state index in [-0.39, 0.29) is 16.2 Å². The first-order chi connectivity index (χ1) is 15.8. The zero-order chi connectivity index (χ0) is 23.3. The molecule has 3 heterocycles. The number of aromatic nitrogens is 5. The molecule has 0 fully saturated rings. The van der Waals surface area contributed by atoms with Gasteiger partial charge < -0.3 is 0 Å². The summed E-state index contributed by atoms with van der Waals surface area (Å²) in [6.07, 6.45) is 3.73. The van der Waals surface area contributed by atoms with Gasteiger partial charge in [0.2, 0.25) is 4.96 Å². The summed E-state index contributed by atoms with van der Waals surface area (Å²) in [7, 11) is 0. The number of rotatable bonds is 3. The summed E-state index contributed by atoms with van der Waals surface area (Å²) in [4.78, 5) is 29.2. The lowest BCUT2D eigenvalue weighted by atomic mass is 9.95. The fraction of sp³-hybridized carbons (Fsp3) is 0.160. The van der Waals surface area contributed by atoms with Crippen molar-refractivity contribution in [1.82, 2.24) is 24.4 Å². The lowest BCUT2D eigenvalue weighted by Crippen LogP contribution is -2.27. The van der Waals surface area contributed by atoms with Crippen LogP contribution in [0.15, 0.2) is 58.3 Å². The van der Waals surface area contributed by atoms with E-state index in [0.717, 1.165) is 45.0 Å². The van der Waals surface area contributed by atoms with Crippen molar-refractivity contribution in [2.24, 2.45) is 0 Å². The van der Waals surface area contributed by atoms with Gasteiger partial charge >= 0.3 is 0 Å². The molecule has 5 rings (SSSR count). The maximum absolute atomic E-state index is 13.0. The van der Waals surface area contributed by atoms with Crippen LogP contribution in [0.4, 0.5) is 0 Å². The minimum Gasteiger partial charge on any atom is -0.266 e. The van der Waals surface area contributed by atoms with Gasteiger partial charge in [-0.25, -0.2) is 4.68 Å². The predicted molar refractivity (Wildman–Crippen MR) is 130 cm³/mol. The van der Waals surface area contributed by atoms with Crippen LogP contribution in [0.25, 0.3) is 28.0 Å². The molecular formula is C25H21N5O2S. The van der Waals surface area contributed by atoms with Gasteiger partial charge in [0.15, 0.2) is 0 Å². The van der Waals surface area contributed by atoms with Crippen LogP contribution < -0.4 is 15.7 Å². The molecule has 0 spiro atoms. The third-order valence-corrected chi connectivity index (χ3v) is 6.47. The van der Waals surface area contributed by atoms with E-state index >= 15 is 0 Å². The Kier molecular flexibility index (Phi) is 5.02. The Hall–Kier alpha value is -3.91. The van der Waals surface area contributed by atoms with Gasteiger partial charge in [0, 0.05) is 17.3 Å². The minimum atomic E-state index is -0.425. The van der Waals surface area contributed by atoms with E-state index in [1.54, 1.807) is 6.92 Å². The zero-order valence-electron chi connectivity index (χ0n) is 18.7. The molecule has 0 N–H and O–H groups in total. The molecule has 0 atom stereocenters. The van der Waals surface area contributed by atoms with Gasteiger partial charge in [-0.1, -0.05) is 47.2 Å². The molecule has 0 aliphatic rings. The van der Waals surface area contributed by atoms with Gasteiger partial charge in [0.25, 0.3) is 11.1 Å². The Balaban J connectivity index is 1.80. The van der Waals surface area contributed by atoms with Crippen LogP contribution in [0, 0.1) is 27.7 Å².